The Hall–Kier alpha value is -2.64. The van der Waals surface area contributed by atoms with Crippen LogP contribution in [-0.4, -0.2) is 31.5 Å². The Labute approximate surface area is 203 Å². The molecule has 0 aliphatic carbocycles. The standard InChI is InChI=1S/C25H28ClN5OS/c1-4-5-6-7-8-12-22-29-31-23(27)21(24(32)28-25(31)33-22)14-18-13-16(2)30(17(18)3)20-11-9-10-19(26)15-20/h9-11,13-15,27H,4-8,12H2,1-3H3. The summed E-state index contributed by atoms with van der Waals surface area (Å²) >= 11 is 7.59. The molecular formula is C25H28ClN5OS. The van der Waals surface area contributed by atoms with Crippen LogP contribution in [0.5, 0.6) is 0 Å². The van der Waals surface area contributed by atoms with Crippen LogP contribution >= 0.6 is 23.4 Å². The SMILES string of the molecule is CCCCCCCC1=NN2C(=N)C(=Cc3cc(C)n(-c4cccc(Cl)c4)c3C)C(=O)N=C2S1. The summed E-state index contributed by atoms with van der Waals surface area (Å²) in [4.78, 5) is 17.0. The maximum absolute atomic E-state index is 12.8. The van der Waals surface area contributed by atoms with E-state index in [0.29, 0.717) is 10.2 Å². The van der Waals surface area contributed by atoms with Gasteiger partial charge in [-0.1, -0.05) is 50.3 Å². The monoisotopic (exact) mass is 481 g/mol. The lowest BCUT2D eigenvalue weighted by atomic mass is 10.1. The largest absolute Gasteiger partial charge is 0.318 e. The predicted octanol–water partition coefficient (Wildman–Crippen LogP) is 6.73. The molecule has 0 bridgehead atoms. The van der Waals surface area contributed by atoms with Crippen molar-refractivity contribution < 1.29 is 4.79 Å². The fraction of sp³-hybridized carbons (Fsp3) is 0.360. The van der Waals surface area contributed by atoms with E-state index in [9.17, 15) is 4.79 Å². The number of amides is 1. The molecule has 1 amide bonds. The highest BCUT2D eigenvalue weighted by Gasteiger charge is 2.35. The second-order valence-electron chi connectivity index (χ2n) is 8.32. The molecule has 4 rings (SSSR count). The third kappa shape index (κ3) is 4.99. The molecule has 1 aromatic carbocycles. The lowest BCUT2D eigenvalue weighted by Gasteiger charge is -2.20. The Morgan fingerprint density at radius 3 is 2.70 bits per heavy atom. The lowest BCUT2D eigenvalue weighted by molar-refractivity contribution is -0.114. The highest BCUT2D eigenvalue weighted by Crippen LogP contribution is 2.31. The first-order chi connectivity index (χ1) is 15.9. The minimum atomic E-state index is -0.397. The normalized spacial score (nSPS) is 17.0. The van der Waals surface area contributed by atoms with Crippen LogP contribution < -0.4 is 0 Å². The number of hydrazone groups is 1. The second kappa shape index (κ2) is 10.1. The number of nitrogens with zero attached hydrogens (tertiary/aromatic N) is 4. The fourth-order valence-electron chi connectivity index (χ4n) is 4.11. The van der Waals surface area contributed by atoms with Crippen molar-refractivity contribution >= 4 is 51.4 Å². The quantitative estimate of drug-likeness (QED) is 0.335. The molecule has 3 heterocycles. The van der Waals surface area contributed by atoms with E-state index in [1.807, 2.05) is 44.2 Å². The zero-order valence-corrected chi connectivity index (χ0v) is 20.8. The Bertz CT molecular complexity index is 1190. The average Bonchev–Trinajstić information content (AvgIpc) is 3.30. The molecule has 0 saturated heterocycles. The summed E-state index contributed by atoms with van der Waals surface area (Å²) in [7, 11) is 0. The zero-order chi connectivity index (χ0) is 23.5. The summed E-state index contributed by atoms with van der Waals surface area (Å²) in [6.07, 6.45) is 8.53. The molecule has 1 aromatic heterocycles. The van der Waals surface area contributed by atoms with E-state index in [1.54, 1.807) is 6.08 Å². The maximum atomic E-state index is 12.8. The summed E-state index contributed by atoms with van der Waals surface area (Å²) < 4.78 is 2.09. The number of unbranched alkanes of at least 4 members (excludes halogenated alkanes) is 4. The number of hydrogen-bond acceptors (Lipinski definition) is 4. The molecule has 1 N–H and O–H groups in total. The van der Waals surface area contributed by atoms with E-state index >= 15 is 0 Å². The Balaban J connectivity index is 1.56. The van der Waals surface area contributed by atoms with Gasteiger partial charge in [-0.05, 0) is 74.4 Å². The van der Waals surface area contributed by atoms with Crippen LogP contribution in [0.3, 0.4) is 0 Å². The van der Waals surface area contributed by atoms with Gasteiger partial charge in [-0.3, -0.25) is 10.2 Å². The fourth-order valence-corrected chi connectivity index (χ4v) is 5.23. The number of benzene rings is 1. The Kier molecular flexibility index (Phi) is 7.20. The molecule has 33 heavy (non-hydrogen) atoms. The number of carbonyl (C=O) groups is 1. The van der Waals surface area contributed by atoms with Crippen LogP contribution in [0.4, 0.5) is 0 Å². The zero-order valence-electron chi connectivity index (χ0n) is 19.2. The van der Waals surface area contributed by atoms with E-state index in [2.05, 4.69) is 21.6 Å². The Morgan fingerprint density at radius 2 is 1.94 bits per heavy atom. The van der Waals surface area contributed by atoms with Gasteiger partial charge in [-0.15, -0.1) is 0 Å². The topological polar surface area (TPSA) is 73.8 Å². The first kappa shape index (κ1) is 23.5. The molecule has 172 valence electrons. The smallest absolute Gasteiger partial charge is 0.283 e. The molecule has 0 saturated carbocycles. The summed E-state index contributed by atoms with van der Waals surface area (Å²) in [6, 6.07) is 9.66. The van der Waals surface area contributed by atoms with Crippen LogP contribution in [0.25, 0.3) is 11.8 Å². The van der Waals surface area contributed by atoms with Crippen LogP contribution in [0.15, 0.2) is 46.0 Å². The highest BCUT2D eigenvalue weighted by atomic mass is 35.5. The summed E-state index contributed by atoms with van der Waals surface area (Å²) in [5.41, 5.74) is 4.05. The van der Waals surface area contributed by atoms with Gasteiger partial charge in [0, 0.05) is 22.1 Å². The number of aliphatic imine (C=N–C) groups is 1. The summed E-state index contributed by atoms with van der Waals surface area (Å²) in [6.45, 7) is 6.20. The molecule has 6 nitrogen and oxygen atoms in total. The van der Waals surface area contributed by atoms with Crippen LogP contribution in [0, 0.1) is 19.3 Å². The number of aromatic nitrogens is 1. The number of rotatable bonds is 8. The molecule has 8 heteroatoms. The van der Waals surface area contributed by atoms with Crippen molar-refractivity contribution in [2.45, 2.75) is 59.3 Å². The number of carbonyl (C=O) groups excluding carboxylic acids is 1. The van der Waals surface area contributed by atoms with Crippen molar-refractivity contribution in [3.05, 3.63) is 57.9 Å². The van der Waals surface area contributed by atoms with E-state index in [0.717, 1.165) is 40.5 Å². The molecule has 2 aromatic rings. The van der Waals surface area contributed by atoms with Gasteiger partial charge >= 0.3 is 0 Å². The van der Waals surface area contributed by atoms with Crippen LogP contribution in [0.2, 0.25) is 5.02 Å². The van der Waals surface area contributed by atoms with E-state index in [1.165, 1.54) is 42.5 Å². The third-order valence-electron chi connectivity index (χ3n) is 5.83. The van der Waals surface area contributed by atoms with Crippen molar-refractivity contribution in [2.75, 3.05) is 0 Å². The number of hydrogen-bond donors (Lipinski definition) is 1. The van der Waals surface area contributed by atoms with Gasteiger partial charge in [0.2, 0.25) is 5.17 Å². The summed E-state index contributed by atoms with van der Waals surface area (Å²) in [5, 5.41) is 16.8. The van der Waals surface area contributed by atoms with Gasteiger partial charge in [0.25, 0.3) is 5.91 Å². The Morgan fingerprint density at radius 1 is 1.15 bits per heavy atom. The molecule has 0 fully saturated rings. The third-order valence-corrected chi connectivity index (χ3v) is 7.03. The molecule has 0 unspecified atom stereocenters. The molecule has 0 atom stereocenters. The molecular weight excluding hydrogens is 454 g/mol. The number of thioether (sulfide) groups is 1. The minimum absolute atomic E-state index is 0.0750. The van der Waals surface area contributed by atoms with Crippen molar-refractivity contribution in [1.29, 1.82) is 5.41 Å². The van der Waals surface area contributed by atoms with Crippen molar-refractivity contribution in [2.24, 2.45) is 10.1 Å². The van der Waals surface area contributed by atoms with Gasteiger partial charge in [0.15, 0.2) is 5.84 Å². The van der Waals surface area contributed by atoms with Gasteiger partial charge in [-0.25, -0.2) is 0 Å². The molecule has 2 aliphatic heterocycles. The molecule has 0 spiro atoms. The number of halogens is 1. The summed E-state index contributed by atoms with van der Waals surface area (Å²) in [5.74, 6) is -0.322. The minimum Gasteiger partial charge on any atom is -0.318 e. The lowest BCUT2D eigenvalue weighted by Crippen LogP contribution is -2.35. The van der Waals surface area contributed by atoms with Crippen molar-refractivity contribution in [3.8, 4) is 5.69 Å². The highest BCUT2D eigenvalue weighted by molar-refractivity contribution is 8.26. The molecule has 0 radical (unpaired) electrons. The first-order valence-electron chi connectivity index (χ1n) is 11.3. The predicted molar refractivity (Wildman–Crippen MR) is 139 cm³/mol. The number of amidine groups is 2. The van der Waals surface area contributed by atoms with Crippen molar-refractivity contribution in [3.63, 3.8) is 0 Å². The first-order valence-corrected chi connectivity index (χ1v) is 12.5. The van der Waals surface area contributed by atoms with Gasteiger partial charge in [-0.2, -0.15) is 15.1 Å². The van der Waals surface area contributed by atoms with Gasteiger partial charge < -0.3 is 4.57 Å². The number of nitrogens with one attached hydrogen (secondary N) is 1. The number of fused-ring (bicyclic) bond motifs is 1. The van der Waals surface area contributed by atoms with E-state index in [4.69, 9.17) is 17.0 Å². The average molecular weight is 482 g/mol. The molecule has 2 aliphatic rings. The van der Waals surface area contributed by atoms with E-state index in [-0.39, 0.29) is 11.4 Å². The van der Waals surface area contributed by atoms with Gasteiger partial charge in [0.1, 0.15) is 5.04 Å². The van der Waals surface area contributed by atoms with Crippen LogP contribution in [0.1, 0.15) is 62.4 Å². The van der Waals surface area contributed by atoms with Crippen LogP contribution in [-0.2, 0) is 4.79 Å². The van der Waals surface area contributed by atoms with Crippen molar-refractivity contribution in [1.82, 2.24) is 9.58 Å². The maximum Gasteiger partial charge on any atom is 0.283 e. The van der Waals surface area contributed by atoms with E-state index < -0.39 is 5.91 Å². The van der Waals surface area contributed by atoms with Gasteiger partial charge in [0.05, 0.1) is 5.57 Å². The second-order valence-corrected chi connectivity index (χ2v) is 9.80. The number of aryl methyl sites for hydroxylation is 1.